The summed E-state index contributed by atoms with van der Waals surface area (Å²) in [5.74, 6) is 1.95. The number of ether oxygens (including phenoxy) is 1. The van der Waals surface area contributed by atoms with Crippen LogP contribution < -0.4 is 4.74 Å². The van der Waals surface area contributed by atoms with E-state index in [0.29, 0.717) is 6.04 Å². The predicted octanol–water partition coefficient (Wildman–Crippen LogP) is 6.06. The second-order valence-electron chi connectivity index (χ2n) is 9.99. The van der Waals surface area contributed by atoms with Gasteiger partial charge in [0.15, 0.2) is 0 Å². The molecule has 0 unspecified atom stereocenters. The topological polar surface area (TPSA) is 15.7 Å². The molecule has 1 saturated carbocycles. The minimum absolute atomic E-state index is 0. The molecule has 0 aromatic heterocycles. The first kappa shape index (κ1) is 22.9. The fraction of sp³-hybridized carbons (Fsp3) is 0.630. The molecule has 0 amide bonds. The fourth-order valence-electron chi connectivity index (χ4n) is 6.06. The molecule has 0 spiro atoms. The number of nitrogens with zero attached hydrogens (tertiary/aromatic N) is 2. The second-order valence-corrected chi connectivity index (χ2v) is 9.99. The average Bonchev–Trinajstić information content (AvgIpc) is 3.19. The maximum atomic E-state index is 6.15. The summed E-state index contributed by atoms with van der Waals surface area (Å²) in [6, 6.07) is 12.1. The van der Waals surface area contributed by atoms with Gasteiger partial charge in [0.1, 0.15) is 5.75 Å². The van der Waals surface area contributed by atoms with Gasteiger partial charge < -0.3 is 9.64 Å². The van der Waals surface area contributed by atoms with Gasteiger partial charge in [-0.1, -0.05) is 37.5 Å². The SMILES string of the molecule is CN1CCC[C@H]1CCOc1ccc2c3c(ccc2c1)CCN(CC1CCCCC1)C3.Cl. The maximum Gasteiger partial charge on any atom is 0.119 e. The smallest absolute Gasteiger partial charge is 0.119 e. The summed E-state index contributed by atoms with van der Waals surface area (Å²) in [5.41, 5.74) is 3.12. The summed E-state index contributed by atoms with van der Waals surface area (Å²) < 4.78 is 6.15. The summed E-state index contributed by atoms with van der Waals surface area (Å²) in [7, 11) is 2.24. The highest BCUT2D eigenvalue weighted by molar-refractivity contribution is 5.88. The molecular weight excluding hydrogens is 404 g/mol. The summed E-state index contributed by atoms with van der Waals surface area (Å²) in [6.07, 6.45) is 12.2. The maximum absolute atomic E-state index is 6.15. The Morgan fingerprint density at radius 1 is 0.968 bits per heavy atom. The van der Waals surface area contributed by atoms with Crippen LogP contribution in [0.3, 0.4) is 0 Å². The van der Waals surface area contributed by atoms with Crippen LogP contribution in [0.4, 0.5) is 0 Å². The Morgan fingerprint density at radius 2 is 1.84 bits per heavy atom. The molecule has 1 saturated heterocycles. The highest BCUT2D eigenvalue weighted by Crippen LogP contribution is 2.32. The minimum Gasteiger partial charge on any atom is -0.494 e. The van der Waals surface area contributed by atoms with Crippen molar-refractivity contribution in [1.82, 2.24) is 9.80 Å². The minimum atomic E-state index is 0. The lowest BCUT2D eigenvalue weighted by Crippen LogP contribution is -2.35. The van der Waals surface area contributed by atoms with E-state index in [9.17, 15) is 0 Å². The van der Waals surface area contributed by atoms with E-state index in [1.54, 1.807) is 11.1 Å². The van der Waals surface area contributed by atoms with Crippen molar-refractivity contribution >= 4 is 23.2 Å². The number of likely N-dealkylation sites (tertiary alicyclic amines) is 1. The number of hydrogen-bond donors (Lipinski definition) is 0. The van der Waals surface area contributed by atoms with E-state index < -0.39 is 0 Å². The molecule has 0 N–H and O–H groups in total. The quantitative estimate of drug-likeness (QED) is 0.540. The Labute approximate surface area is 194 Å². The van der Waals surface area contributed by atoms with Crippen molar-refractivity contribution in [3.8, 4) is 5.75 Å². The zero-order chi connectivity index (χ0) is 20.3. The first-order valence-electron chi connectivity index (χ1n) is 12.4. The summed E-state index contributed by atoms with van der Waals surface area (Å²) in [4.78, 5) is 5.20. The molecule has 2 heterocycles. The van der Waals surface area contributed by atoms with E-state index in [-0.39, 0.29) is 12.4 Å². The van der Waals surface area contributed by atoms with Crippen molar-refractivity contribution in [3.63, 3.8) is 0 Å². The first-order chi connectivity index (χ1) is 14.8. The van der Waals surface area contributed by atoms with E-state index in [1.807, 2.05) is 0 Å². The Morgan fingerprint density at radius 3 is 2.65 bits per heavy atom. The van der Waals surface area contributed by atoms with Crippen LogP contribution in [0.25, 0.3) is 10.8 Å². The van der Waals surface area contributed by atoms with Crippen molar-refractivity contribution in [2.24, 2.45) is 5.92 Å². The van der Waals surface area contributed by atoms with Crippen LogP contribution in [0, 0.1) is 5.92 Å². The molecule has 1 atom stereocenters. The number of rotatable bonds is 6. The Bertz CT molecular complexity index is 864. The third-order valence-corrected chi connectivity index (χ3v) is 7.91. The monoisotopic (exact) mass is 442 g/mol. The summed E-state index contributed by atoms with van der Waals surface area (Å²) in [5, 5.41) is 2.77. The molecule has 31 heavy (non-hydrogen) atoms. The van der Waals surface area contributed by atoms with Crippen molar-refractivity contribution in [2.75, 3.05) is 33.3 Å². The van der Waals surface area contributed by atoms with Crippen molar-refractivity contribution < 1.29 is 4.74 Å². The Kier molecular flexibility index (Phi) is 7.79. The molecule has 3 aliphatic rings. The molecule has 5 rings (SSSR count). The fourth-order valence-corrected chi connectivity index (χ4v) is 6.06. The van der Waals surface area contributed by atoms with Crippen LogP contribution in [0.5, 0.6) is 5.75 Å². The summed E-state index contributed by atoms with van der Waals surface area (Å²) in [6.45, 7) is 5.71. The average molecular weight is 443 g/mol. The zero-order valence-corrected chi connectivity index (χ0v) is 20.0. The highest BCUT2D eigenvalue weighted by atomic mass is 35.5. The Hall–Kier alpha value is -1.29. The standard InChI is InChI=1S/C27H38N2O.ClH/c1-28-15-5-8-24(28)14-17-30-25-11-12-26-23(18-25)10-9-22-13-16-29(20-27(22)26)19-21-6-3-2-4-7-21;/h9-12,18,21,24H,2-8,13-17,19-20H2,1H3;1H/t24-;/m0./s1. The number of benzene rings is 2. The molecule has 0 radical (unpaired) electrons. The van der Waals surface area contributed by atoms with Crippen LogP contribution in [-0.4, -0.2) is 49.1 Å². The molecule has 0 bridgehead atoms. The number of halogens is 1. The third-order valence-electron chi connectivity index (χ3n) is 7.91. The van der Waals surface area contributed by atoms with E-state index in [0.717, 1.165) is 31.2 Å². The van der Waals surface area contributed by atoms with Gasteiger partial charge in [0.05, 0.1) is 6.61 Å². The van der Waals surface area contributed by atoms with E-state index in [1.165, 1.54) is 81.8 Å². The van der Waals surface area contributed by atoms with Crippen molar-refractivity contribution in [2.45, 2.75) is 70.4 Å². The second kappa shape index (κ2) is 10.6. The largest absolute Gasteiger partial charge is 0.494 e. The van der Waals surface area contributed by atoms with Gasteiger partial charge in [-0.3, -0.25) is 4.90 Å². The molecule has 4 heteroatoms. The van der Waals surface area contributed by atoms with E-state index in [2.05, 4.69) is 47.2 Å². The molecule has 2 aromatic carbocycles. The van der Waals surface area contributed by atoms with E-state index >= 15 is 0 Å². The first-order valence-corrected chi connectivity index (χ1v) is 12.4. The van der Waals surface area contributed by atoms with E-state index in [4.69, 9.17) is 4.74 Å². The molecule has 2 aromatic rings. The van der Waals surface area contributed by atoms with Crippen molar-refractivity contribution in [1.29, 1.82) is 0 Å². The van der Waals surface area contributed by atoms with Crippen LogP contribution >= 0.6 is 12.4 Å². The third kappa shape index (κ3) is 5.38. The molecular formula is C27H39ClN2O. The van der Waals surface area contributed by atoms with Gasteiger partial charge in [0.2, 0.25) is 0 Å². The van der Waals surface area contributed by atoms with Crippen LogP contribution in [0.2, 0.25) is 0 Å². The highest BCUT2D eigenvalue weighted by Gasteiger charge is 2.23. The van der Waals surface area contributed by atoms with Gasteiger partial charge in [-0.05, 0) is 92.1 Å². The van der Waals surface area contributed by atoms with Crippen molar-refractivity contribution in [3.05, 3.63) is 41.5 Å². The molecule has 170 valence electrons. The van der Waals surface area contributed by atoms with Gasteiger partial charge in [-0.15, -0.1) is 12.4 Å². The summed E-state index contributed by atoms with van der Waals surface area (Å²) >= 11 is 0. The van der Waals surface area contributed by atoms with Gasteiger partial charge in [-0.25, -0.2) is 0 Å². The van der Waals surface area contributed by atoms with Crippen LogP contribution in [0.15, 0.2) is 30.3 Å². The number of hydrogen-bond acceptors (Lipinski definition) is 3. The lowest BCUT2D eigenvalue weighted by molar-refractivity contribution is 0.188. The normalized spacial score (nSPS) is 22.9. The predicted molar refractivity (Wildman–Crippen MR) is 133 cm³/mol. The van der Waals surface area contributed by atoms with Crippen LogP contribution in [0.1, 0.15) is 62.5 Å². The zero-order valence-electron chi connectivity index (χ0n) is 19.2. The lowest BCUT2D eigenvalue weighted by atomic mass is 9.87. The number of fused-ring (bicyclic) bond motifs is 3. The van der Waals surface area contributed by atoms with Gasteiger partial charge in [-0.2, -0.15) is 0 Å². The van der Waals surface area contributed by atoms with Crippen LogP contribution in [-0.2, 0) is 13.0 Å². The molecule has 2 fully saturated rings. The Balaban J connectivity index is 0.00000231. The van der Waals surface area contributed by atoms with Gasteiger partial charge in [0, 0.05) is 25.7 Å². The molecule has 2 aliphatic heterocycles. The van der Waals surface area contributed by atoms with Gasteiger partial charge in [0.25, 0.3) is 0 Å². The van der Waals surface area contributed by atoms with Gasteiger partial charge >= 0.3 is 0 Å². The molecule has 1 aliphatic carbocycles. The molecule has 3 nitrogen and oxygen atoms in total. The lowest BCUT2D eigenvalue weighted by Gasteiger charge is -2.34.